The first kappa shape index (κ1) is 18.4. The number of hydrogen-bond donors (Lipinski definition) is 2. The van der Waals surface area contributed by atoms with E-state index < -0.39 is 38.7 Å². The molecule has 0 radical (unpaired) electrons. The van der Waals surface area contributed by atoms with Gasteiger partial charge in [0.2, 0.25) is 10.0 Å². The summed E-state index contributed by atoms with van der Waals surface area (Å²) in [6.45, 7) is 0. The van der Waals surface area contributed by atoms with E-state index in [-0.39, 0.29) is 18.4 Å². The van der Waals surface area contributed by atoms with Crippen LogP contribution in [-0.4, -0.2) is 25.5 Å². The largest absolute Gasteiger partial charge is 0.478 e. The van der Waals surface area contributed by atoms with Gasteiger partial charge in [-0.15, -0.1) is 0 Å². The average Bonchev–Trinajstić information content (AvgIpc) is 2.94. The van der Waals surface area contributed by atoms with Gasteiger partial charge in [0.1, 0.15) is 0 Å². The Balaban J connectivity index is 1.85. The fraction of sp³-hybridized carbons (Fsp3) is 0.235. The molecule has 0 saturated carbocycles. The molecule has 3 rings (SSSR count). The van der Waals surface area contributed by atoms with Crippen molar-refractivity contribution in [2.45, 2.75) is 30.0 Å². The van der Waals surface area contributed by atoms with Crippen molar-refractivity contribution in [1.82, 2.24) is 4.72 Å². The lowest BCUT2D eigenvalue weighted by Gasteiger charge is -2.16. The first-order valence-corrected chi connectivity index (χ1v) is 9.10. The Bertz CT molecular complexity index is 970. The molecule has 9 heteroatoms. The number of carboxylic acids is 1. The van der Waals surface area contributed by atoms with Crippen molar-refractivity contribution < 1.29 is 31.5 Å². The summed E-state index contributed by atoms with van der Waals surface area (Å²) >= 11 is 0. The predicted octanol–water partition coefficient (Wildman–Crippen LogP) is 2.85. The van der Waals surface area contributed by atoms with Crippen molar-refractivity contribution in [2.75, 3.05) is 0 Å². The number of carbonyl (C=O) groups is 1. The second-order valence-corrected chi connectivity index (χ2v) is 7.69. The molecule has 1 atom stereocenters. The van der Waals surface area contributed by atoms with Crippen molar-refractivity contribution in [2.24, 2.45) is 0 Å². The maximum Gasteiger partial charge on any atom is 0.417 e. The van der Waals surface area contributed by atoms with E-state index in [1.165, 1.54) is 18.2 Å². The maximum atomic E-state index is 13.1. The monoisotopic (exact) mass is 385 g/mol. The topological polar surface area (TPSA) is 83.5 Å². The molecule has 0 saturated heterocycles. The summed E-state index contributed by atoms with van der Waals surface area (Å²) in [6, 6.07) is 7.81. The molecule has 138 valence electrons. The van der Waals surface area contributed by atoms with E-state index in [0.29, 0.717) is 5.56 Å². The standard InChI is InChI=1S/C17H14F3NO4S/c18-17(19,20)14-3-1-2-4-15(14)26(24,25)21-13-8-10-5-6-11(16(22)23)7-12(10)9-13/h1-7,13,21H,8-9H2,(H,22,23). The second-order valence-electron chi connectivity index (χ2n) is 6.01. The summed E-state index contributed by atoms with van der Waals surface area (Å²) in [7, 11) is -4.39. The first-order chi connectivity index (χ1) is 12.1. The van der Waals surface area contributed by atoms with Gasteiger partial charge in [-0.2, -0.15) is 13.2 Å². The zero-order chi connectivity index (χ0) is 19.1. The first-order valence-electron chi connectivity index (χ1n) is 7.61. The summed E-state index contributed by atoms with van der Waals surface area (Å²) in [6.07, 6.45) is -4.30. The van der Waals surface area contributed by atoms with Gasteiger partial charge in [0.05, 0.1) is 16.0 Å². The van der Waals surface area contributed by atoms with Gasteiger partial charge < -0.3 is 5.11 Å². The number of fused-ring (bicyclic) bond motifs is 1. The van der Waals surface area contributed by atoms with Gasteiger partial charge >= 0.3 is 12.1 Å². The zero-order valence-corrected chi connectivity index (χ0v) is 14.1. The highest BCUT2D eigenvalue weighted by molar-refractivity contribution is 7.89. The quantitative estimate of drug-likeness (QED) is 0.848. The van der Waals surface area contributed by atoms with Crippen LogP contribution in [0.25, 0.3) is 0 Å². The molecule has 1 unspecified atom stereocenters. The molecule has 26 heavy (non-hydrogen) atoms. The Kier molecular flexibility index (Phi) is 4.53. The van der Waals surface area contributed by atoms with Crippen LogP contribution in [-0.2, 0) is 29.0 Å². The molecule has 0 bridgehead atoms. The van der Waals surface area contributed by atoms with Crippen molar-refractivity contribution in [3.63, 3.8) is 0 Å². The molecule has 0 heterocycles. The van der Waals surface area contributed by atoms with Crippen LogP contribution in [0.2, 0.25) is 0 Å². The summed E-state index contributed by atoms with van der Waals surface area (Å²) in [5.41, 5.74) is 0.291. The SMILES string of the molecule is O=C(O)c1ccc2c(c1)CC(NS(=O)(=O)c1ccccc1C(F)(F)F)C2. The molecule has 2 aromatic rings. The summed E-state index contributed by atoms with van der Waals surface area (Å²) in [5, 5.41) is 9.01. The maximum absolute atomic E-state index is 13.1. The molecule has 1 aliphatic carbocycles. The second kappa shape index (κ2) is 6.40. The molecule has 0 spiro atoms. The predicted molar refractivity (Wildman–Crippen MR) is 86.4 cm³/mol. The number of benzene rings is 2. The lowest BCUT2D eigenvalue weighted by molar-refractivity contribution is -0.139. The molecule has 2 aromatic carbocycles. The van der Waals surface area contributed by atoms with Gasteiger partial charge in [-0.3, -0.25) is 0 Å². The summed E-state index contributed by atoms with van der Waals surface area (Å²) < 4.78 is 66.5. The van der Waals surface area contributed by atoms with Gasteiger partial charge in [-0.25, -0.2) is 17.9 Å². The van der Waals surface area contributed by atoms with E-state index in [4.69, 9.17) is 5.11 Å². The third-order valence-electron chi connectivity index (χ3n) is 4.19. The fourth-order valence-corrected chi connectivity index (χ4v) is 4.52. The minimum atomic E-state index is -4.79. The van der Waals surface area contributed by atoms with Crippen LogP contribution in [0.1, 0.15) is 27.0 Å². The smallest absolute Gasteiger partial charge is 0.417 e. The highest BCUT2D eigenvalue weighted by Crippen LogP contribution is 2.34. The number of rotatable bonds is 4. The van der Waals surface area contributed by atoms with Crippen LogP contribution in [0.3, 0.4) is 0 Å². The van der Waals surface area contributed by atoms with Gasteiger partial charge in [-0.1, -0.05) is 18.2 Å². The number of carboxylic acid groups (broad SMARTS) is 1. The Labute approximate surface area is 147 Å². The van der Waals surface area contributed by atoms with Crippen molar-refractivity contribution in [3.8, 4) is 0 Å². The number of alkyl halides is 3. The Morgan fingerprint density at radius 2 is 1.73 bits per heavy atom. The lowest BCUT2D eigenvalue weighted by atomic mass is 10.1. The molecule has 5 nitrogen and oxygen atoms in total. The van der Waals surface area contributed by atoms with E-state index in [0.717, 1.165) is 23.8 Å². The van der Waals surface area contributed by atoms with Gasteiger partial charge in [0.15, 0.2) is 0 Å². The third-order valence-corrected chi connectivity index (χ3v) is 5.77. The normalized spacial score (nSPS) is 17.1. The minimum absolute atomic E-state index is 0.0784. The Morgan fingerprint density at radius 1 is 1.08 bits per heavy atom. The van der Waals surface area contributed by atoms with E-state index in [9.17, 15) is 26.4 Å². The molecule has 0 aliphatic heterocycles. The number of aromatic carboxylic acids is 1. The van der Waals surface area contributed by atoms with Gasteiger partial charge in [-0.05, 0) is 48.2 Å². The fourth-order valence-electron chi connectivity index (χ4n) is 3.05. The highest BCUT2D eigenvalue weighted by atomic mass is 32.2. The molecular formula is C17H14F3NO4S. The van der Waals surface area contributed by atoms with E-state index in [2.05, 4.69) is 4.72 Å². The van der Waals surface area contributed by atoms with Crippen LogP contribution >= 0.6 is 0 Å². The Hall–Kier alpha value is -2.39. The average molecular weight is 385 g/mol. The molecule has 1 aliphatic rings. The van der Waals surface area contributed by atoms with Gasteiger partial charge in [0, 0.05) is 6.04 Å². The van der Waals surface area contributed by atoms with E-state index >= 15 is 0 Å². The number of sulfonamides is 1. The molecular weight excluding hydrogens is 371 g/mol. The van der Waals surface area contributed by atoms with Crippen LogP contribution in [0.4, 0.5) is 13.2 Å². The van der Waals surface area contributed by atoms with Crippen LogP contribution in [0.15, 0.2) is 47.4 Å². The number of hydrogen-bond acceptors (Lipinski definition) is 3. The van der Waals surface area contributed by atoms with E-state index in [1.54, 1.807) is 6.07 Å². The Morgan fingerprint density at radius 3 is 2.38 bits per heavy atom. The van der Waals surface area contributed by atoms with Crippen molar-refractivity contribution in [3.05, 3.63) is 64.7 Å². The van der Waals surface area contributed by atoms with Crippen molar-refractivity contribution >= 4 is 16.0 Å². The van der Waals surface area contributed by atoms with Crippen LogP contribution in [0, 0.1) is 0 Å². The zero-order valence-electron chi connectivity index (χ0n) is 13.2. The molecule has 2 N–H and O–H groups in total. The number of nitrogens with one attached hydrogen (secondary N) is 1. The summed E-state index contributed by atoms with van der Waals surface area (Å²) in [4.78, 5) is 10.2. The molecule has 0 amide bonds. The number of halogens is 3. The third kappa shape index (κ3) is 3.58. The van der Waals surface area contributed by atoms with Gasteiger partial charge in [0.25, 0.3) is 0 Å². The van der Waals surface area contributed by atoms with Crippen LogP contribution < -0.4 is 4.72 Å². The minimum Gasteiger partial charge on any atom is -0.478 e. The molecule has 0 fully saturated rings. The van der Waals surface area contributed by atoms with Crippen molar-refractivity contribution in [1.29, 1.82) is 0 Å². The van der Waals surface area contributed by atoms with Crippen LogP contribution in [0.5, 0.6) is 0 Å². The highest BCUT2D eigenvalue weighted by Gasteiger charge is 2.38. The summed E-state index contributed by atoms with van der Waals surface area (Å²) in [5.74, 6) is -1.10. The lowest BCUT2D eigenvalue weighted by Crippen LogP contribution is -2.36. The van der Waals surface area contributed by atoms with E-state index in [1.807, 2.05) is 0 Å². The molecule has 0 aromatic heterocycles.